The minimum atomic E-state index is -4.29. The van der Waals surface area contributed by atoms with Crippen LogP contribution in [0.4, 0.5) is 0 Å². The summed E-state index contributed by atoms with van der Waals surface area (Å²) in [6.07, 6.45) is 2.77. The quantitative estimate of drug-likeness (QED) is 0.522. The summed E-state index contributed by atoms with van der Waals surface area (Å²) in [4.78, 5) is 11.6. The lowest BCUT2D eigenvalue weighted by atomic mass is 10.6. The zero-order chi connectivity index (χ0) is 14.2. The smallest absolute Gasteiger partial charge is 0.310 e. The molecule has 0 radical (unpaired) electrons. The van der Waals surface area contributed by atoms with Gasteiger partial charge in [0.15, 0.2) is 5.75 Å². The Morgan fingerprint density at radius 3 is 1.72 bits per heavy atom. The topological polar surface area (TPSA) is 80.7 Å². The van der Waals surface area contributed by atoms with Gasteiger partial charge in [0.2, 0.25) is 0 Å². The van der Waals surface area contributed by atoms with Crippen LogP contribution in [0.2, 0.25) is 18.1 Å². The zero-order valence-electron chi connectivity index (χ0n) is 11.4. The monoisotopic (exact) mass is 296 g/mol. The summed E-state index contributed by atoms with van der Waals surface area (Å²) in [5.74, 6) is -1.74. The Hall–Kier alpha value is -0.403. The Bertz CT molecular complexity index is 335. The normalized spacial score (nSPS) is 12.4. The first-order chi connectivity index (χ1) is 8.28. The lowest BCUT2D eigenvalue weighted by Gasteiger charge is -2.30. The molecule has 0 aromatic heterocycles. The first-order valence-corrected chi connectivity index (χ1v) is 10.6. The molecule has 18 heavy (non-hydrogen) atoms. The molecule has 0 bridgehead atoms. The number of hydrogen-bond acceptors (Lipinski definition) is 4. The average molecular weight is 296 g/mol. The Kier molecular flexibility index (Phi) is 7.73. The van der Waals surface area contributed by atoms with Gasteiger partial charge in [0.05, 0.1) is 0 Å². The molecule has 0 fully saturated rings. The Morgan fingerprint density at radius 2 is 1.44 bits per heavy atom. The molecule has 5 nitrogen and oxygen atoms in total. The van der Waals surface area contributed by atoms with E-state index in [9.17, 15) is 13.2 Å². The van der Waals surface area contributed by atoms with Gasteiger partial charge in [-0.25, -0.2) is 0 Å². The third kappa shape index (κ3) is 7.12. The van der Waals surface area contributed by atoms with Gasteiger partial charge in [-0.1, -0.05) is 40.0 Å². The van der Waals surface area contributed by atoms with E-state index in [0.717, 1.165) is 37.4 Å². The maximum atomic E-state index is 11.6. The van der Waals surface area contributed by atoms with Crippen molar-refractivity contribution in [2.75, 3.05) is 5.75 Å². The molecule has 0 aromatic rings. The Morgan fingerprint density at radius 1 is 1.06 bits per heavy atom. The van der Waals surface area contributed by atoms with Gasteiger partial charge in [-0.3, -0.25) is 9.35 Å². The zero-order valence-corrected chi connectivity index (χ0v) is 13.3. The van der Waals surface area contributed by atoms with Crippen molar-refractivity contribution >= 4 is 24.4 Å². The second kappa shape index (κ2) is 7.91. The van der Waals surface area contributed by atoms with Crippen LogP contribution in [0.3, 0.4) is 0 Å². The fourth-order valence-electron chi connectivity index (χ4n) is 2.31. The number of carbonyl (C=O) groups is 1. The van der Waals surface area contributed by atoms with E-state index in [1.54, 1.807) is 0 Å². The summed E-state index contributed by atoms with van der Waals surface area (Å²) < 4.78 is 35.5. The maximum Gasteiger partial charge on any atom is 0.310 e. The van der Waals surface area contributed by atoms with Crippen molar-refractivity contribution < 1.29 is 22.2 Å². The second-order valence-corrected chi connectivity index (χ2v) is 10.2. The summed E-state index contributed by atoms with van der Waals surface area (Å²) in [5.41, 5.74) is 0. The molecule has 7 heteroatoms. The van der Waals surface area contributed by atoms with Gasteiger partial charge in [0.25, 0.3) is 18.4 Å². The van der Waals surface area contributed by atoms with Gasteiger partial charge in [-0.2, -0.15) is 8.42 Å². The van der Waals surface area contributed by atoms with Crippen LogP contribution in [-0.4, -0.2) is 33.0 Å². The van der Waals surface area contributed by atoms with Crippen LogP contribution in [-0.2, 0) is 19.3 Å². The van der Waals surface area contributed by atoms with Gasteiger partial charge in [-0.15, -0.1) is 0 Å². The summed E-state index contributed by atoms with van der Waals surface area (Å²) in [7, 11) is -6.48. The standard InChI is InChI=1S/C11H24O5SSi/c1-4-7-18(8-5-2,9-6-3)16-11(12)10-17(13,14)15/h4-10H2,1-3H3,(H,13,14,15). The molecule has 0 aliphatic carbocycles. The molecular weight excluding hydrogens is 272 g/mol. The van der Waals surface area contributed by atoms with Crippen molar-refractivity contribution in [3.05, 3.63) is 0 Å². The van der Waals surface area contributed by atoms with E-state index in [1.165, 1.54) is 0 Å². The number of rotatable bonds is 9. The number of carbonyl (C=O) groups excluding carboxylic acids is 1. The third-order valence-electron chi connectivity index (χ3n) is 2.75. The van der Waals surface area contributed by atoms with Crippen LogP contribution >= 0.6 is 0 Å². The Labute approximate surface area is 111 Å². The van der Waals surface area contributed by atoms with E-state index < -0.39 is 30.2 Å². The van der Waals surface area contributed by atoms with E-state index in [0.29, 0.717) is 0 Å². The van der Waals surface area contributed by atoms with Crippen LogP contribution in [0.15, 0.2) is 0 Å². The van der Waals surface area contributed by atoms with Crippen molar-refractivity contribution in [1.82, 2.24) is 0 Å². The molecular formula is C11H24O5SSi. The van der Waals surface area contributed by atoms with E-state index in [4.69, 9.17) is 8.98 Å². The highest BCUT2D eigenvalue weighted by molar-refractivity contribution is 7.86. The number of hydrogen-bond donors (Lipinski definition) is 1. The van der Waals surface area contributed by atoms with Crippen LogP contribution < -0.4 is 0 Å². The molecule has 0 aliphatic heterocycles. The van der Waals surface area contributed by atoms with E-state index in [1.807, 2.05) is 20.8 Å². The van der Waals surface area contributed by atoms with Crippen LogP contribution in [0.25, 0.3) is 0 Å². The highest BCUT2D eigenvalue weighted by Crippen LogP contribution is 2.27. The predicted octanol–water partition coefficient (Wildman–Crippen LogP) is 2.59. The molecule has 0 unspecified atom stereocenters. The maximum absolute atomic E-state index is 11.6. The summed E-state index contributed by atoms with van der Waals surface area (Å²) in [6, 6.07) is 2.56. The van der Waals surface area contributed by atoms with Crippen molar-refractivity contribution in [2.45, 2.75) is 58.2 Å². The second-order valence-electron chi connectivity index (χ2n) is 4.63. The molecule has 0 amide bonds. The van der Waals surface area contributed by atoms with Gasteiger partial charge in [0.1, 0.15) is 0 Å². The first-order valence-electron chi connectivity index (χ1n) is 6.45. The molecule has 108 valence electrons. The Balaban J connectivity index is 4.79. The van der Waals surface area contributed by atoms with Gasteiger partial charge < -0.3 is 4.43 Å². The SMILES string of the molecule is CCC[Si](CCC)(CCC)OC(=O)CS(=O)(=O)O. The highest BCUT2D eigenvalue weighted by atomic mass is 32.2. The summed E-state index contributed by atoms with van der Waals surface area (Å²) in [6.45, 7) is 6.09. The fourth-order valence-corrected chi connectivity index (χ4v) is 7.12. The lowest BCUT2D eigenvalue weighted by Crippen LogP contribution is -2.41. The molecule has 0 atom stereocenters. The molecule has 0 saturated carbocycles. The molecule has 0 rings (SSSR count). The van der Waals surface area contributed by atoms with E-state index >= 15 is 0 Å². The van der Waals surface area contributed by atoms with Crippen LogP contribution in [0, 0.1) is 0 Å². The molecule has 0 heterocycles. The first kappa shape index (κ1) is 17.6. The van der Waals surface area contributed by atoms with Crippen LogP contribution in [0.1, 0.15) is 40.0 Å². The van der Waals surface area contributed by atoms with Crippen LogP contribution in [0.5, 0.6) is 0 Å². The molecule has 0 aromatic carbocycles. The van der Waals surface area contributed by atoms with Crippen molar-refractivity contribution in [1.29, 1.82) is 0 Å². The predicted molar refractivity (Wildman–Crippen MR) is 73.6 cm³/mol. The van der Waals surface area contributed by atoms with Crippen molar-refractivity contribution in [2.24, 2.45) is 0 Å². The average Bonchev–Trinajstić information content (AvgIpc) is 2.15. The summed E-state index contributed by atoms with van der Waals surface area (Å²) >= 11 is 0. The molecule has 0 spiro atoms. The van der Waals surface area contributed by atoms with E-state index in [-0.39, 0.29) is 0 Å². The van der Waals surface area contributed by atoms with Crippen molar-refractivity contribution in [3.63, 3.8) is 0 Å². The fraction of sp³-hybridized carbons (Fsp3) is 0.909. The lowest BCUT2D eigenvalue weighted by molar-refractivity contribution is -0.132. The summed E-state index contributed by atoms with van der Waals surface area (Å²) in [5, 5.41) is 0. The largest absolute Gasteiger partial charge is 0.518 e. The van der Waals surface area contributed by atoms with E-state index in [2.05, 4.69) is 0 Å². The van der Waals surface area contributed by atoms with Gasteiger partial charge in [-0.05, 0) is 18.1 Å². The van der Waals surface area contributed by atoms with Gasteiger partial charge >= 0.3 is 5.97 Å². The minimum absolute atomic E-state index is 0.806. The third-order valence-corrected chi connectivity index (χ3v) is 8.24. The molecule has 1 N–H and O–H groups in total. The molecule has 0 aliphatic rings. The molecule has 0 saturated heterocycles. The van der Waals surface area contributed by atoms with Crippen molar-refractivity contribution in [3.8, 4) is 0 Å². The highest BCUT2D eigenvalue weighted by Gasteiger charge is 2.36. The minimum Gasteiger partial charge on any atom is -0.518 e. The van der Waals surface area contributed by atoms with Gasteiger partial charge in [0, 0.05) is 0 Å².